The average Bonchev–Trinajstić information content (AvgIpc) is 3.17. The largest absolute Gasteiger partial charge is 0.494 e. The number of carbonyl (C=O) groups is 2. The van der Waals surface area contributed by atoms with Crippen LogP contribution in [0.4, 0.5) is 16.2 Å². The fourth-order valence-electron chi connectivity index (χ4n) is 3.63. The van der Waals surface area contributed by atoms with E-state index in [0.717, 1.165) is 5.56 Å². The van der Waals surface area contributed by atoms with Gasteiger partial charge in [0.2, 0.25) is 0 Å². The van der Waals surface area contributed by atoms with Crippen molar-refractivity contribution in [3.8, 4) is 5.88 Å². The summed E-state index contributed by atoms with van der Waals surface area (Å²) in [6.07, 6.45) is 0. The molecule has 4 N–H and O–H groups in total. The Morgan fingerprint density at radius 1 is 1.03 bits per heavy atom. The minimum absolute atomic E-state index is 0.0660. The molecule has 34 heavy (non-hydrogen) atoms. The van der Waals surface area contributed by atoms with E-state index < -0.39 is 12.0 Å². The lowest BCUT2D eigenvalue weighted by molar-refractivity contribution is 0.0526. The molecule has 0 unspecified atom stereocenters. The van der Waals surface area contributed by atoms with Crippen LogP contribution in [0.25, 0.3) is 10.9 Å². The Morgan fingerprint density at radius 2 is 1.74 bits per heavy atom. The van der Waals surface area contributed by atoms with Gasteiger partial charge in [0.1, 0.15) is 0 Å². The van der Waals surface area contributed by atoms with Crippen LogP contribution in [0.1, 0.15) is 28.4 Å². The SMILES string of the molecule is CCOC(=O)c1ccc2c(C(=Nc3ccc(N(C)C(N)=O)cc3)c3ccccc3)c(O)[nH]c2c1. The number of esters is 1. The van der Waals surface area contributed by atoms with Crippen molar-refractivity contribution < 1.29 is 19.4 Å². The van der Waals surface area contributed by atoms with Crippen LogP contribution >= 0.6 is 0 Å². The molecule has 0 atom stereocenters. The molecule has 1 heterocycles. The summed E-state index contributed by atoms with van der Waals surface area (Å²) in [4.78, 5) is 32.7. The molecule has 172 valence electrons. The number of aromatic amines is 1. The summed E-state index contributed by atoms with van der Waals surface area (Å²) in [6, 6.07) is 21.0. The number of rotatable bonds is 6. The zero-order chi connectivity index (χ0) is 24.2. The van der Waals surface area contributed by atoms with E-state index >= 15 is 0 Å². The summed E-state index contributed by atoms with van der Waals surface area (Å²) >= 11 is 0. The molecule has 0 spiro atoms. The number of anilines is 1. The van der Waals surface area contributed by atoms with Crippen molar-refractivity contribution in [2.45, 2.75) is 6.92 Å². The minimum Gasteiger partial charge on any atom is -0.494 e. The van der Waals surface area contributed by atoms with E-state index in [4.69, 9.17) is 15.5 Å². The molecule has 0 aliphatic carbocycles. The number of urea groups is 1. The molecule has 0 saturated carbocycles. The lowest BCUT2D eigenvalue weighted by Gasteiger charge is -2.14. The van der Waals surface area contributed by atoms with Crippen LogP contribution in [0, 0.1) is 0 Å². The van der Waals surface area contributed by atoms with E-state index in [9.17, 15) is 14.7 Å². The summed E-state index contributed by atoms with van der Waals surface area (Å²) in [5, 5.41) is 11.6. The van der Waals surface area contributed by atoms with Gasteiger partial charge in [-0.3, -0.25) is 4.90 Å². The molecule has 0 fully saturated rings. The number of aliphatic imine (C=N–C) groups is 1. The Hall–Kier alpha value is -4.59. The van der Waals surface area contributed by atoms with Gasteiger partial charge in [-0.25, -0.2) is 14.6 Å². The lowest BCUT2D eigenvalue weighted by atomic mass is 10.00. The number of benzene rings is 3. The van der Waals surface area contributed by atoms with E-state index in [0.29, 0.717) is 39.1 Å². The molecule has 0 bridgehead atoms. The second-order valence-corrected chi connectivity index (χ2v) is 7.57. The van der Waals surface area contributed by atoms with Crippen molar-refractivity contribution in [1.29, 1.82) is 0 Å². The second-order valence-electron chi connectivity index (χ2n) is 7.57. The molecule has 4 rings (SSSR count). The van der Waals surface area contributed by atoms with Crippen LogP contribution in [-0.2, 0) is 4.74 Å². The number of amides is 2. The Kier molecular flexibility index (Phi) is 6.31. The van der Waals surface area contributed by atoms with Crippen LogP contribution in [0.5, 0.6) is 5.88 Å². The van der Waals surface area contributed by atoms with Gasteiger partial charge in [0.15, 0.2) is 5.88 Å². The van der Waals surface area contributed by atoms with Crippen molar-refractivity contribution in [3.63, 3.8) is 0 Å². The summed E-state index contributed by atoms with van der Waals surface area (Å²) in [5.41, 5.74) is 9.42. The Balaban J connectivity index is 1.83. The predicted octanol–water partition coefficient (Wildman–Crippen LogP) is 4.73. The monoisotopic (exact) mass is 456 g/mol. The fourth-order valence-corrected chi connectivity index (χ4v) is 3.63. The first-order valence-corrected chi connectivity index (χ1v) is 10.7. The molecule has 8 heteroatoms. The van der Waals surface area contributed by atoms with Crippen molar-refractivity contribution in [3.05, 3.63) is 89.5 Å². The highest BCUT2D eigenvalue weighted by molar-refractivity contribution is 6.22. The third-order valence-corrected chi connectivity index (χ3v) is 5.38. The van der Waals surface area contributed by atoms with Crippen LogP contribution in [0.2, 0.25) is 0 Å². The molecular weight excluding hydrogens is 432 g/mol. The number of primary amides is 1. The Morgan fingerprint density at radius 3 is 2.38 bits per heavy atom. The Labute approximate surface area is 196 Å². The lowest BCUT2D eigenvalue weighted by Crippen LogP contribution is -2.31. The zero-order valence-electron chi connectivity index (χ0n) is 18.8. The topological polar surface area (TPSA) is 121 Å². The van der Waals surface area contributed by atoms with Gasteiger partial charge in [-0.1, -0.05) is 36.4 Å². The first-order valence-electron chi connectivity index (χ1n) is 10.7. The molecular formula is C26H24N4O4. The molecule has 3 aromatic carbocycles. The maximum Gasteiger partial charge on any atom is 0.338 e. The van der Waals surface area contributed by atoms with E-state index in [1.165, 1.54) is 4.90 Å². The summed E-state index contributed by atoms with van der Waals surface area (Å²) < 4.78 is 5.08. The van der Waals surface area contributed by atoms with Crippen LogP contribution in [0.3, 0.4) is 0 Å². The fraction of sp³-hybridized carbons (Fsp3) is 0.115. The standard InChI is InChI=1S/C26H24N4O4/c1-3-34-25(32)17-9-14-20-21(15-17)29-24(31)22(20)23(16-7-5-4-6-8-16)28-18-10-12-19(13-11-18)30(2)26(27)33/h4-15,29,31H,3H2,1-2H3,(H2,27,33). The predicted molar refractivity (Wildman–Crippen MR) is 132 cm³/mol. The van der Waals surface area contributed by atoms with Crippen molar-refractivity contribution >= 4 is 40.0 Å². The third-order valence-electron chi connectivity index (χ3n) is 5.38. The van der Waals surface area contributed by atoms with Gasteiger partial charge in [-0.2, -0.15) is 0 Å². The van der Waals surface area contributed by atoms with Crippen molar-refractivity contribution in [2.24, 2.45) is 10.7 Å². The van der Waals surface area contributed by atoms with Gasteiger partial charge in [0.05, 0.1) is 29.1 Å². The zero-order valence-corrected chi connectivity index (χ0v) is 18.8. The number of fused-ring (bicyclic) bond motifs is 1. The summed E-state index contributed by atoms with van der Waals surface area (Å²) in [6.45, 7) is 2.02. The number of nitrogens with two attached hydrogens (primary N) is 1. The van der Waals surface area contributed by atoms with E-state index in [2.05, 4.69) is 4.98 Å². The van der Waals surface area contributed by atoms with E-state index in [1.54, 1.807) is 56.4 Å². The molecule has 4 aromatic rings. The van der Waals surface area contributed by atoms with E-state index in [-0.39, 0.29) is 12.5 Å². The number of aromatic hydroxyl groups is 1. The Bertz CT molecular complexity index is 1380. The van der Waals surface area contributed by atoms with Crippen LogP contribution in [0.15, 0.2) is 77.8 Å². The molecule has 0 radical (unpaired) electrons. The van der Waals surface area contributed by atoms with Gasteiger partial charge in [0, 0.05) is 29.2 Å². The second kappa shape index (κ2) is 9.50. The first-order chi connectivity index (χ1) is 16.4. The van der Waals surface area contributed by atoms with E-state index in [1.807, 2.05) is 30.3 Å². The summed E-state index contributed by atoms with van der Waals surface area (Å²) in [5.74, 6) is -0.498. The highest BCUT2D eigenvalue weighted by atomic mass is 16.5. The molecule has 1 aromatic heterocycles. The number of H-pyrrole nitrogens is 1. The molecule has 0 aliphatic heterocycles. The molecule has 2 amide bonds. The highest BCUT2D eigenvalue weighted by Crippen LogP contribution is 2.32. The number of ether oxygens (including phenoxy) is 1. The van der Waals surface area contributed by atoms with Crippen molar-refractivity contribution in [2.75, 3.05) is 18.6 Å². The van der Waals surface area contributed by atoms with Crippen molar-refractivity contribution in [1.82, 2.24) is 4.98 Å². The summed E-state index contributed by atoms with van der Waals surface area (Å²) in [7, 11) is 1.59. The number of hydrogen-bond donors (Lipinski definition) is 3. The quantitative estimate of drug-likeness (QED) is 0.287. The first kappa shape index (κ1) is 22.6. The van der Waals surface area contributed by atoms with Gasteiger partial charge in [0.25, 0.3) is 0 Å². The van der Waals surface area contributed by atoms with Crippen LogP contribution in [-0.4, -0.2) is 41.5 Å². The molecule has 8 nitrogen and oxygen atoms in total. The minimum atomic E-state index is -0.563. The maximum absolute atomic E-state index is 12.1. The molecule has 0 saturated heterocycles. The maximum atomic E-state index is 12.1. The normalized spacial score (nSPS) is 11.4. The number of carbonyl (C=O) groups excluding carboxylic acids is 2. The molecule has 0 aliphatic rings. The number of nitrogens with one attached hydrogen (secondary N) is 1. The average molecular weight is 457 g/mol. The smallest absolute Gasteiger partial charge is 0.338 e. The van der Waals surface area contributed by atoms with Gasteiger partial charge in [-0.15, -0.1) is 0 Å². The van der Waals surface area contributed by atoms with Gasteiger partial charge in [-0.05, 0) is 43.3 Å². The van der Waals surface area contributed by atoms with Crippen LogP contribution < -0.4 is 10.6 Å². The van der Waals surface area contributed by atoms with Gasteiger partial charge < -0.3 is 20.6 Å². The number of aromatic nitrogens is 1. The van der Waals surface area contributed by atoms with Gasteiger partial charge >= 0.3 is 12.0 Å². The number of nitrogens with zero attached hydrogens (tertiary/aromatic N) is 2. The highest BCUT2D eigenvalue weighted by Gasteiger charge is 2.20. The third kappa shape index (κ3) is 4.47. The number of hydrogen-bond acceptors (Lipinski definition) is 5.